The Labute approximate surface area is 139 Å². The van der Waals surface area contributed by atoms with E-state index in [0.29, 0.717) is 38.3 Å². The molecule has 0 amide bonds. The van der Waals surface area contributed by atoms with Crippen LogP contribution in [0, 0.1) is 5.41 Å². The molecule has 1 aliphatic carbocycles. The third-order valence-corrected chi connectivity index (χ3v) is 4.95. The van der Waals surface area contributed by atoms with Gasteiger partial charge in [-0.25, -0.2) is 4.98 Å². The fourth-order valence-electron chi connectivity index (χ4n) is 3.00. The van der Waals surface area contributed by atoms with Gasteiger partial charge in [-0.1, -0.05) is 0 Å². The fraction of sp³-hybridized carbons (Fsp3) is 0.500. The highest BCUT2D eigenvalue weighted by molar-refractivity contribution is 7.09. The minimum atomic E-state index is -0.700. The second-order valence-electron chi connectivity index (χ2n) is 6.05. The quantitative estimate of drug-likeness (QED) is 0.705. The topological polar surface area (TPSA) is 87.5 Å². The van der Waals surface area contributed by atoms with E-state index in [1.807, 2.05) is 17.5 Å². The summed E-state index contributed by atoms with van der Waals surface area (Å²) < 4.78 is 5.84. The number of aliphatic hydroxyl groups excluding tert-OH is 2. The number of nitrogens with one attached hydrogen (secondary N) is 1. The lowest BCUT2D eigenvalue weighted by molar-refractivity contribution is 0.0438. The van der Waals surface area contributed by atoms with Crippen LogP contribution in [-0.4, -0.2) is 45.5 Å². The monoisotopic (exact) mass is 335 g/mol. The van der Waals surface area contributed by atoms with Crippen LogP contribution in [0.2, 0.25) is 0 Å². The van der Waals surface area contributed by atoms with Crippen molar-refractivity contribution in [3.63, 3.8) is 0 Å². The fourth-order valence-corrected chi connectivity index (χ4v) is 3.59. The number of aromatic nitrogens is 2. The van der Waals surface area contributed by atoms with Gasteiger partial charge in [0.25, 0.3) is 0 Å². The van der Waals surface area contributed by atoms with Crippen molar-refractivity contribution in [1.82, 2.24) is 15.3 Å². The van der Waals surface area contributed by atoms with E-state index in [0.717, 1.165) is 5.01 Å². The van der Waals surface area contributed by atoms with Crippen LogP contribution in [0.3, 0.4) is 0 Å². The summed E-state index contributed by atoms with van der Waals surface area (Å²) in [4.78, 5) is 8.28. The number of nitrogens with zero attached hydrogens (tertiary/aromatic N) is 2. The van der Waals surface area contributed by atoms with E-state index < -0.39 is 12.2 Å². The first-order valence-corrected chi connectivity index (χ1v) is 8.53. The van der Waals surface area contributed by atoms with E-state index in [-0.39, 0.29) is 5.41 Å². The Bertz CT molecular complexity index is 584. The van der Waals surface area contributed by atoms with E-state index >= 15 is 0 Å². The van der Waals surface area contributed by atoms with Gasteiger partial charge in [-0.3, -0.25) is 4.98 Å². The number of rotatable bonds is 7. The van der Waals surface area contributed by atoms with Crippen LogP contribution in [-0.2, 0) is 6.54 Å². The molecule has 6 nitrogen and oxygen atoms in total. The maximum Gasteiger partial charge on any atom is 0.137 e. The predicted octanol–water partition coefficient (Wildman–Crippen LogP) is 1.21. The highest BCUT2D eigenvalue weighted by atomic mass is 32.1. The number of pyridine rings is 1. The number of hydrogen-bond acceptors (Lipinski definition) is 7. The number of thiazole rings is 1. The second kappa shape index (κ2) is 7.35. The van der Waals surface area contributed by atoms with Gasteiger partial charge in [-0.2, -0.15) is 0 Å². The lowest BCUT2D eigenvalue weighted by Gasteiger charge is -2.29. The Morgan fingerprint density at radius 3 is 2.78 bits per heavy atom. The second-order valence-corrected chi connectivity index (χ2v) is 7.03. The molecule has 3 atom stereocenters. The van der Waals surface area contributed by atoms with Gasteiger partial charge >= 0.3 is 0 Å². The van der Waals surface area contributed by atoms with Crippen LogP contribution in [0.1, 0.15) is 17.8 Å². The molecule has 0 bridgehead atoms. The first-order chi connectivity index (χ1) is 11.2. The number of hydrogen-bond donors (Lipinski definition) is 3. The normalized spacial score (nSPS) is 27.2. The molecular formula is C16H21N3O3S. The highest BCUT2D eigenvalue weighted by Crippen LogP contribution is 2.38. The zero-order chi connectivity index (χ0) is 16.1. The van der Waals surface area contributed by atoms with Crippen molar-refractivity contribution in [3.05, 3.63) is 41.1 Å². The molecule has 0 spiro atoms. The van der Waals surface area contributed by atoms with Crippen molar-refractivity contribution < 1.29 is 14.9 Å². The van der Waals surface area contributed by atoms with Gasteiger partial charge in [0.2, 0.25) is 0 Å². The third kappa shape index (κ3) is 4.26. The van der Waals surface area contributed by atoms with Crippen LogP contribution in [0.25, 0.3) is 0 Å². The predicted molar refractivity (Wildman–Crippen MR) is 87.2 cm³/mol. The molecule has 1 saturated carbocycles. The first-order valence-electron chi connectivity index (χ1n) is 7.65. The van der Waals surface area contributed by atoms with E-state index in [2.05, 4.69) is 15.3 Å². The van der Waals surface area contributed by atoms with Crippen LogP contribution >= 0.6 is 11.3 Å². The Balaban J connectivity index is 1.60. The maximum atomic E-state index is 9.96. The zero-order valence-corrected chi connectivity index (χ0v) is 13.6. The molecule has 2 aromatic heterocycles. The van der Waals surface area contributed by atoms with Gasteiger partial charge in [0.1, 0.15) is 10.8 Å². The Morgan fingerprint density at radius 2 is 2.13 bits per heavy atom. The molecule has 2 aromatic rings. The van der Waals surface area contributed by atoms with Crippen LogP contribution in [0.4, 0.5) is 0 Å². The molecule has 1 unspecified atom stereocenters. The summed E-state index contributed by atoms with van der Waals surface area (Å²) in [5.41, 5.74) is -0.300. The first kappa shape index (κ1) is 16.3. The molecule has 2 heterocycles. The maximum absolute atomic E-state index is 9.96. The van der Waals surface area contributed by atoms with Crippen molar-refractivity contribution in [3.8, 4) is 5.75 Å². The van der Waals surface area contributed by atoms with E-state index in [9.17, 15) is 10.2 Å². The summed E-state index contributed by atoms with van der Waals surface area (Å²) in [7, 11) is 0. The Hall–Kier alpha value is -1.54. The van der Waals surface area contributed by atoms with E-state index in [1.54, 1.807) is 29.9 Å². The molecule has 1 aliphatic rings. The van der Waals surface area contributed by atoms with Crippen LogP contribution < -0.4 is 10.1 Å². The van der Waals surface area contributed by atoms with Crippen molar-refractivity contribution in [1.29, 1.82) is 0 Å². The smallest absolute Gasteiger partial charge is 0.137 e. The lowest BCUT2D eigenvalue weighted by Crippen LogP contribution is -2.37. The largest absolute Gasteiger partial charge is 0.491 e. The summed E-state index contributed by atoms with van der Waals surface area (Å²) in [5, 5.41) is 26.3. The molecule has 7 heteroatoms. The summed E-state index contributed by atoms with van der Waals surface area (Å²) in [6.45, 7) is 1.76. The molecule has 0 saturated heterocycles. The molecular weight excluding hydrogens is 314 g/mol. The van der Waals surface area contributed by atoms with Crippen LogP contribution in [0.15, 0.2) is 36.1 Å². The average molecular weight is 335 g/mol. The molecule has 3 N–H and O–H groups in total. The third-order valence-electron chi connectivity index (χ3n) is 4.17. The Kier molecular flexibility index (Phi) is 5.22. The average Bonchev–Trinajstić information content (AvgIpc) is 3.16. The van der Waals surface area contributed by atoms with Gasteiger partial charge in [0.05, 0.1) is 25.0 Å². The summed E-state index contributed by atoms with van der Waals surface area (Å²) >= 11 is 1.60. The van der Waals surface area contributed by atoms with E-state index in [4.69, 9.17) is 4.74 Å². The number of aliphatic hydroxyl groups is 2. The molecule has 3 rings (SSSR count). The number of ether oxygens (including phenoxy) is 1. The molecule has 23 heavy (non-hydrogen) atoms. The highest BCUT2D eigenvalue weighted by Gasteiger charge is 2.44. The van der Waals surface area contributed by atoms with Crippen molar-refractivity contribution in [2.24, 2.45) is 5.41 Å². The van der Waals surface area contributed by atoms with E-state index in [1.165, 1.54) is 0 Å². The molecule has 0 aliphatic heterocycles. The van der Waals surface area contributed by atoms with Gasteiger partial charge < -0.3 is 20.3 Å². The standard InChI is InChI=1S/C16H21N3O3S/c20-13-6-16(7-14(13)21,10-18-9-15-19-4-5-23-15)11-22-12-2-1-3-17-8-12/h1-5,8,13-14,18,20-21H,6-7,9-11H2/t13-,14+,16?. The van der Waals surface area contributed by atoms with Gasteiger partial charge in [-0.15, -0.1) is 11.3 Å². The van der Waals surface area contributed by atoms with Gasteiger partial charge in [0.15, 0.2) is 0 Å². The molecule has 124 valence electrons. The van der Waals surface area contributed by atoms with Crippen molar-refractivity contribution >= 4 is 11.3 Å². The van der Waals surface area contributed by atoms with Crippen LogP contribution in [0.5, 0.6) is 5.75 Å². The lowest BCUT2D eigenvalue weighted by atomic mass is 9.86. The molecule has 1 fully saturated rings. The molecule has 0 radical (unpaired) electrons. The minimum Gasteiger partial charge on any atom is -0.491 e. The van der Waals surface area contributed by atoms with Crippen molar-refractivity contribution in [2.45, 2.75) is 31.6 Å². The minimum absolute atomic E-state index is 0.300. The SMILES string of the molecule is O[C@@H]1CC(CNCc2nccs2)(COc2cccnc2)C[C@@H]1O. The summed E-state index contributed by atoms with van der Waals surface area (Å²) in [6, 6.07) is 3.67. The van der Waals surface area contributed by atoms with Gasteiger partial charge in [-0.05, 0) is 25.0 Å². The molecule has 0 aromatic carbocycles. The van der Waals surface area contributed by atoms with Gasteiger partial charge in [0, 0.05) is 36.3 Å². The zero-order valence-electron chi connectivity index (χ0n) is 12.8. The van der Waals surface area contributed by atoms with Crippen molar-refractivity contribution in [2.75, 3.05) is 13.2 Å². The Morgan fingerprint density at radius 1 is 1.30 bits per heavy atom. The summed E-state index contributed by atoms with van der Waals surface area (Å²) in [6.07, 6.45) is 4.77. The summed E-state index contributed by atoms with van der Waals surface area (Å²) in [5.74, 6) is 0.697.